The molecule has 14 heteroatoms. The molecule has 9 rings (SSSR count). The van der Waals surface area contributed by atoms with E-state index in [1.807, 2.05) is 102 Å². The summed E-state index contributed by atoms with van der Waals surface area (Å²) >= 11 is 0. The SMILES string of the molecule is NC(=O)NCC#Cc1ccc2c(c1)C1(C(=O)N2)C(C(=O)Nc2ccc(N3CCOCC3)cc2)C2C(=O)OC(c3ccccc3)C(c3ccccc3)N2C1c1ccccc1OCCO. The molecule has 6 atom stereocenters. The van der Waals surface area contributed by atoms with E-state index in [0.717, 1.165) is 29.9 Å². The minimum atomic E-state index is -1.82. The van der Waals surface area contributed by atoms with Crippen molar-refractivity contribution >= 4 is 40.9 Å². The molecular formula is C49H46N6O8. The summed E-state index contributed by atoms with van der Waals surface area (Å²) in [7, 11) is 0. The summed E-state index contributed by atoms with van der Waals surface area (Å²) in [4.78, 5) is 62.0. The lowest BCUT2D eigenvalue weighted by molar-refractivity contribution is -0.177. The zero-order valence-electron chi connectivity index (χ0n) is 34.2. The van der Waals surface area contributed by atoms with Crippen molar-refractivity contribution in [3.8, 4) is 17.6 Å². The Morgan fingerprint density at radius 2 is 1.57 bits per heavy atom. The van der Waals surface area contributed by atoms with Gasteiger partial charge in [0.05, 0.1) is 44.4 Å². The number of anilines is 3. The summed E-state index contributed by atoms with van der Waals surface area (Å²) in [5, 5.41) is 18.6. The standard InChI is InChI=1S/C49H46N6O8/c50-48(60)51-23-9-10-31-17-22-38-37(30-31)49(47(59)53-38)40(45(57)52-34-18-20-35(21-19-34)54-24-27-61-28-25-54)42-46(58)63-43(33-13-5-2-6-14-33)41(32-11-3-1-4-12-32)55(42)44(49)36-15-7-8-16-39(36)62-29-26-56/h1-8,11-22,30,40-44,56H,23-29H2,(H,52,57)(H,53,59)(H3,50,51,60). The molecule has 63 heavy (non-hydrogen) atoms. The van der Waals surface area contributed by atoms with Gasteiger partial charge in [0.25, 0.3) is 0 Å². The van der Waals surface area contributed by atoms with Crippen molar-refractivity contribution < 1.29 is 38.5 Å². The summed E-state index contributed by atoms with van der Waals surface area (Å²) in [6.45, 7) is 2.33. The number of para-hydroxylation sites is 1. The molecule has 3 saturated heterocycles. The fourth-order valence-electron chi connectivity index (χ4n) is 9.71. The topological polar surface area (TPSA) is 185 Å². The zero-order valence-corrected chi connectivity index (χ0v) is 34.2. The number of nitrogens with one attached hydrogen (secondary N) is 3. The van der Waals surface area contributed by atoms with Crippen LogP contribution in [0.5, 0.6) is 5.75 Å². The molecule has 320 valence electrons. The number of aliphatic hydroxyl groups is 1. The summed E-state index contributed by atoms with van der Waals surface area (Å²) < 4.78 is 18.3. The molecule has 3 fully saturated rings. The number of urea groups is 1. The molecule has 0 bridgehead atoms. The van der Waals surface area contributed by atoms with Crippen molar-refractivity contribution in [2.24, 2.45) is 11.7 Å². The molecule has 0 aliphatic carbocycles. The number of nitrogens with zero attached hydrogens (tertiary/aromatic N) is 2. The number of nitrogens with two attached hydrogens (primary N) is 1. The number of carbonyl (C=O) groups is 4. The summed E-state index contributed by atoms with van der Waals surface area (Å²) in [6, 6.07) is 35.1. The number of carbonyl (C=O) groups excluding carboxylic acids is 4. The maximum absolute atomic E-state index is 15.6. The van der Waals surface area contributed by atoms with Gasteiger partial charge in [-0.05, 0) is 65.2 Å². The van der Waals surface area contributed by atoms with Gasteiger partial charge in [-0.1, -0.05) is 90.7 Å². The van der Waals surface area contributed by atoms with E-state index in [9.17, 15) is 9.90 Å². The Labute approximate surface area is 364 Å². The highest BCUT2D eigenvalue weighted by Gasteiger charge is 2.74. The van der Waals surface area contributed by atoms with Gasteiger partial charge in [-0.15, -0.1) is 0 Å². The fourth-order valence-corrected chi connectivity index (χ4v) is 9.71. The number of hydrogen-bond acceptors (Lipinski definition) is 10. The molecule has 4 heterocycles. The highest BCUT2D eigenvalue weighted by atomic mass is 16.6. The first-order chi connectivity index (χ1) is 30.8. The highest BCUT2D eigenvalue weighted by molar-refractivity contribution is 6.13. The average Bonchev–Trinajstić information content (AvgIpc) is 3.79. The molecular weight excluding hydrogens is 801 g/mol. The number of amides is 4. The molecule has 6 unspecified atom stereocenters. The Bertz CT molecular complexity index is 2580. The van der Waals surface area contributed by atoms with E-state index in [2.05, 4.69) is 32.7 Å². The van der Waals surface area contributed by atoms with Crippen LogP contribution in [0.3, 0.4) is 0 Å². The Morgan fingerprint density at radius 3 is 2.29 bits per heavy atom. The van der Waals surface area contributed by atoms with Crippen LogP contribution in [0.4, 0.5) is 21.9 Å². The lowest BCUT2D eigenvalue weighted by Gasteiger charge is -2.46. The van der Waals surface area contributed by atoms with Crippen LogP contribution in [-0.4, -0.2) is 85.9 Å². The van der Waals surface area contributed by atoms with Crippen LogP contribution in [0.15, 0.2) is 127 Å². The summed E-state index contributed by atoms with van der Waals surface area (Å²) in [5.41, 5.74) is 8.32. The lowest BCUT2D eigenvalue weighted by Crippen LogP contribution is -2.53. The van der Waals surface area contributed by atoms with Crippen LogP contribution in [0.2, 0.25) is 0 Å². The van der Waals surface area contributed by atoms with Gasteiger partial charge in [0.15, 0.2) is 0 Å². The number of aliphatic hydroxyl groups excluding tert-OH is 1. The van der Waals surface area contributed by atoms with Crippen LogP contribution < -0.4 is 31.3 Å². The first kappa shape index (κ1) is 41.2. The number of fused-ring (bicyclic) bond motifs is 3. The number of hydrogen-bond donors (Lipinski definition) is 5. The van der Waals surface area contributed by atoms with Crippen LogP contribution in [0.25, 0.3) is 0 Å². The van der Waals surface area contributed by atoms with Crippen molar-refractivity contribution in [1.29, 1.82) is 0 Å². The van der Waals surface area contributed by atoms with Crippen molar-refractivity contribution in [3.63, 3.8) is 0 Å². The van der Waals surface area contributed by atoms with Crippen molar-refractivity contribution in [3.05, 3.63) is 155 Å². The second-order valence-corrected chi connectivity index (χ2v) is 15.7. The Balaban J connectivity index is 1.28. The molecule has 4 amide bonds. The van der Waals surface area contributed by atoms with E-state index < -0.39 is 59.4 Å². The largest absolute Gasteiger partial charge is 0.491 e. The van der Waals surface area contributed by atoms with Crippen LogP contribution in [0.1, 0.15) is 46.0 Å². The maximum atomic E-state index is 15.6. The third kappa shape index (κ3) is 7.60. The van der Waals surface area contributed by atoms with Gasteiger partial charge in [-0.3, -0.25) is 19.3 Å². The number of esters is 1. The monoisotopic (exact) mass is 846 g/mol. The minimum absolute atomic E-state index is 0.0242. The molecule has 4 aliphatic heterocycles. The summed E-state index contributed by atoms with van der Waals surface area (Å²) in [5.74, 6) is 3.18. The molecule has 0 saturated carbocycles. The molecule has 1 spiro atoms. The Hall–Kier alpha value is -7.18. The number of primary amides is 1. The maximum Gasteiger partial charge on any atom is 0.324 e. The van der Waals surface area contributed by atoms with E-state index >= 15 is 14.4 Å². The Morgan fingerprint density at radius 1 is 0.873 bits per heavy atom. The normalized spacial score (nSPS) is 23.7. The number of benzene rings is 5. The van der Waals surface area contributed by atoms with Gasteiger partial charge in [-0.25, -0.2) is 4.79 Å². The van der Waals surface area contributed by atoms with E-state index in [1.54, 1.807) is 30.3 Å². The van der Waals surface area contributed by atoms with Gasteiger partial charge in [0.2, 0.25) is 11.8 Å². The number of cyclic esters (lactones) is 1. The number of morpholine rings is 2. The van der Waals surface area contributed by atoms with E-state index in [4.69, 9.17) is 19.9 Å². The molecule has 5 aromatic carbocycles. The number of rotatable bonds is 10. The van der Waals surface area contributed by atoms with Gasteiger partial charge >= 0.3 is 12.0 Å². The van der Waals surface area contributed by atoms with Gasteiger partial charge < -0.3 is 45.9 Å². The average molecular weight is 847 g/mol. The first-order valence-electron chi connectivity index (χ1n) is 20.9. The number of ether oxygens (including phenoxy) is 3. The molecule has 4 aliphatic rings. The van der Waals surface area contributed by atoms with Crippen molar-refractivity contribution in [2.45, 2.75) is 29.6 Å². The van der Waals surface area contributed by atoms with Crippen molar-refractivity contribution in [1.82, 2.24) is 10.2 Å². The van der Waals surface area contributed by atoms with Gasteiger partial charge in [0, 0.05) is 41.3 Å². The second-order valence-electron chi connectivity index (χ2n) is 15.7. The van der Waals surface area contributed by atoms with E-state index in [1.165, 1.54) is 0 Å². The van der Waals surface area contributed by atoms with Crippen LogP contribution in [-0.2, 0) is 29.3 Å². The Kier molecular flexibility index (Phi) is 11.5. The molecule has 14 nitrogen and oxygen atoms in total. The molecule has 5 aromatic rings. The van der Waals surface area contributed by atoms with Gasteiger partial charge in [-0.2, -0.15) is 0 Å². The van der Waals surface area contributed by atoms with Crippen molar-refractivity contribution in [2.75, 3.05) is 61.6 Å². The van der Waals surface area contributed by atoms with Gasteiger partial charge in [0.1, 0.15) is 29.9 Å². The van der Waals surface area contributed by atoms with Crippen LogP contribution in [0, 0.1) is 17.8 Å². The van der Waals surface area contributed by atoms with Crippen LogP contribution >= 0.6 is 0 Å². The smallest absolute Gasteiger partial charge is 0.324 e. The molecule has 0 aromatic heterocycles. The highest BCUT2D eigenvalue weighted by Crippen LogP contribution is 2.65. The fraction of sp³-hybridized carbons (Fsp3) is 0.265. The predicted molar refractivity (Wildman–Crippen MR) is 235 cm³/mol. The zero-order chi connectivity index (χ0) is 43.5. The second kappa shape index (κ2) is 17.7. The molecule has 0 radical (unpaired) electrons. The molecule has 6 N–H and O–H groups in total. The minimum Gasteiger partial charge on any atom is -0.491 e. The summed E-state index contributed by atoms with van der Waals surface area (Å²) in [6.07, 6.45) is -0.865. The first-order valence-corrected chi connectivity index (χ1v) is 20.9. The predicted octanol–water partition coefficient (Wildman–Crippen LogP) is 4.82. The third-order valence-electron chi connectivity index (χ3n) is 12.2. The quantitative estimate of drug-likeness (QED) is 0.0965. The lowest BCUT2D eigenvalue weighted by atomic mass is 9.65. The van der Waals surface area contributed by atoms with E-state index in [0.29, 0.717) is 47.0 Å². The third-order valence-corrected chi connectivity index (χ3v) is 12.2. The van der Waals surface area contributed by atoms with E-state index in [-0.39, 0.29) is 19.8 Å².